The highest BCUT2D eigenvalue weighted by molar-refractivity contribution is 5.86. The molecule has 0 aliphatic heterocycles. The largest absolute Gasteiger partial charge is 0.390 e. The van der Waals surface area contributed by atoms with Gasteiger partial charge < -0.3 is 30.3 Å². The van der Waals surface area contributed by atoms with Gasteiger partial charge in [0.25, 0.3) is 0 Å². The van der Waals surface area contributed by atoms with E-state index in [-0.39, 0.29) is 24.4 Å². The van der Waals surface area contributed by atoms with Crippen LogP contribution in [0.15, 0.2) is 0 Å². The molecule has 148 valence electrons. The summed E-state index contributed by atoms with van der Waals surface area (Å²) in [6.07, 6.45) is 0.474. The Morgan fingerprint density at radius 2 is 1.76 bits per heavy atom. The number of carbonyl (C=O) groups excluding carboxylic acids is 1. The zero-order valence-corrected chi connectivity index (χ0v) is 16.5. The van der Waals surface area contributed by atoms with Gasteiger partial charge in [-0.2, -0.15) is 0 Å². The molecule has 0 bridgehead atoms. The third-order valence-corrected chi connectivity index (χ3v) is 4.81. The Labute approximate surface area is 152 Å². The fraction of sp³-hybridized carbons (Fsp3) is 0.895. The number of aliphatic hydroxyl groups is 3. The van der Waals surface area contributed by atoms with Crippen molar-refractivity contribution < 1.29 is 24.9 Å². The van der Waals surface area contributed by atoms with Crippen molar-refractivity contribution in [2.75, 3.05) is 13.7 Å². The van der Waals surface area contributed by atoms with Crippen molar-refractivity contribution in [3.63, 3.8) is 0 Å². The molecule has 4 N–H and O–H groups in total. The zero-order valence-electron chi connectivity index (χ0n) is 16.5. The molecule has 6 heteroatoms. The van der Waals surface area contributed by atoms with Gasteiger partial charge in [0.15, 0.2) is 0 Å². The van der Waals surface area contributed by atoms with Gasteiger partial charge in [-0.05, 0) is 38.0 Å². The molecule has 0 aliphatic rings. The van der Waals surface area contributed by atoms with E-state index >= 15 is 0 Å². The van der Waals surface area contributed by atoms with Crippen LogP contribution in [-0.4, -0.2) is 58.8 Å². The first-order valence-electron chi connectivity index (χ1n) is 9.06. The summed E-state index contributed by atoms with van der Waals surface area (Å²) < 4.78 is 4.84. The summed E-state index contributed by atoms with van der Waals surface area (Å²) in [6, 6.07) is 0. The molecule has 4 unspecified atom stereocenters. The highest BCUT2D eigenvalue weighted by Crippen LogP contribution is 2.29. The van der Waals surface area contributed by atoms with Crippen molar-refractivity contribution in [1.29, 1.82) is 5.41 Å². The Morgan fingerprint density at radius 3 is 2.24 bits per heavy atom. The van der Waals surface area contributed by atoms with Gasteiger partial charge in [0.2, 0.25) is 0 Å². The van der Waals surface area contributed by atoms with E-state index in [2.05, 4.69) is 0 Å². The van der Waals surface area contributed by atoms with Gasteiger partial charge in [0.1, 0.15) is 12.4 Å². The van der Waals surface area contributed by atoms with Crippen LogP contribution < -0.4 is 0 Å². The maximum atomic E-state index is 10.8. The molecule has 0 aromatic rings. The number of carbonyl (C=O) groups is 1. The number of nitrogens with one attached hydrogen (secondary N) is 1. The molecule has 0 rings (SSSR count). The zero-order chi connectivity index (χ0) is 19.8. The molecular formula is C19H37NO5. The van der Waals surface area contributed by atoms with E-state index in [1.54, 1.807) is 13.8 Å². The molecule has 0 aliphatic carbocycles. The van der Waals surface area contributed by atoms with Crippen LogP contribution in [0.25, 0.3) is 0 Å². The number of ether oxygens (including phenoxy) is 1. The number of hydrogen-bond acceptors (Lipinski definition) is 6. The molecule has 0 saturated carbocycles. The van der Waals surface area contributed by atoms with Gasteiger partial charge in [0, 0.05) is 24.7 Å². The Hall–Kier alpha value is -0.820. The third kappa shape index (κ3) is 8.90. The number of aliphatic hydroxyl groups excluding tert-OH is 2. The molecular weight excluding hydrogens is 322 g/mol. The van der Waals surface area contributed by atoms with Gasteiger partial charge in [0.05, 0.1) is 18.3 Å². The molecule has 25 heavy (non-hydrogen) atoms. The lowest BCUT2D eigenvalue weighted by Gasteiger charge is -2.32. The van der Waals surface area contributed by atoms with Crippen molar-refractivity contribution >= 4 is 12.0 Å². The van der Waals surface area contributed by atoms with Crippen LogP contribution in [0.1, 0.15) is 53.9 Å². The molecule has 7 atom stereocenters. The topological polar surface area (TPSA) is 111 Å². The van der Waals surface area contributed by atoms with E-state index in [0.29, 0.717) is 18.6 Å². The third-order valence-electron chi connectivity index (χ3n) is 4.81. The van der Waals surface area contributed by atoms with E-state index < -0.39 is 23.7 Å². The maximum absolute atomic E-state index is 10.8. The molecule has 0 spiro atoms. The standard InChI is InChI=1S/C19H37NO5/c1-12(7-13(2)10-21)8-19(5,24)9-14(3)17(20)15(4)18(23)16(22)11-25-6/h10,12-16,18,20,22-24H,7-9,11H2,1-6H3/t12-,13?,14+,15?,16?,18?,19-/m0/s1. The van der Waals surface area contributed by atoms with Gasteiger partial charge in [-0.1, -0.05) is 27.7 Å². The molecule has 0 heterocycles. The summed E-state index contributed by atoms with van der Waals surface area (Å²) in [5.74, 6) is -0.587. The second-order valence-corrected chi connectivity index (χ2v) is 8.02. The van der Waals surface area contributed by atoms with Crippen molar-refractivity contribution in [3.8, 4) is 0 Å². The van der Waals surface area contributed by atoms with E-state index in [9.17, 15) is 20.1 Å². The minimum Gasteiger partial charge on any atom is -0.390 e. The highest BCUT2D eigenvalue weighted by Gasteiger charge is 2.32. The summed E-state index contributed by atoms with van der Waals surface area (Å²) in [4.78, 5) is 10.8. The molecule has 0 saturated heterocycles. The number of rotatable bonds is 13. The fourth-order valence-electron chi connectivity index (χ4n) is 3.61. The van der Waals surface area contributed by atoms with Gasteiger partial charge in [-0.15, -0.1) is 0 Å². The van der Waals surface area contributed by atoms with E-state index in [4.69, 9.17) is 10.1 Å². The molecule has 0 aromatic heterocycles. The average Bonchev–Trinajstić information content (AvgIpc) is 2.51. The van der Waals surface area contributed by atoms with E-state index in [1.165, 1.54) is 7.11 Å². The summed E-state index contributed by atoms with van der Waals surface area (Å²) in [7, 11) is 1.44. The first-order chi connectivity index (χ1) is 11.4. The Balaban J connectivity index is 4.69. The minimum atomic E-state index is -1.08. The van der Waals surface area contributed by atoms with Crippen LogP contribution in [0.4, 0.5) is 0 Å². The molecule has 0 radical (unpaired) electrons. The quantitative estimate of drug-likeness (QED) is 0.297. The Bertz CT molecular complexity index is 413. The van der Waals surface area contributed by atoms with Crippen LogP contribution in [0.2, 0.25) is 0 Å². The van der Waals surface area contributed by atoms with Crippen molar-refractivity contribution in [3.05, 3.63) is 0 Å². The van der Waals surface area contributed by atoms with Crippen LogP contribution in [0.5, 0.6) is 0 Å². The first kappa shape index (κ1) is 24.2. The van der Waals surface area contributed by atoms with Gasteiger partial charge in [-0.25, -0.2) is 0 Å². The van der Waals surface area contributed by atoms with E-state index in [1.807, 2.05) is 20.8 Å². The SMILES string of the molecule is COCC(O)C(O)C(C)C(=N)[C@H](C)C[C@@](C)(O)C[C@@H](C)CC(C)C=O. The van der Waals surface area contributed by atoms with Crippen LogP contribution >= 0.6 is 0 Å². The summed E-state index contributed by atoms with van der Waals surface area (Å²) in [6.45, 7) is 9.19. The predicted molar refractivity (Wildman–Crippen MR) is 98.8 cm³/mol. The summed E-state index contributed by atoms with van der Waals surface area (Å²) >= 11 is 0. The van der Waals surface area contributed by atoms with Crippen LogP contribution in [0.3, 0.4) is 0 Å². The molecule has 0 fully saturated rings. The lowest BCUT2D eigenvalue weighted by molar-refractivity contribution is -0.111. The number of hydrogen-bond donors (Lipinski definition) is 4. The van der Waals surface area contributed by atoms with Crippen LogP contribution in [-0.2, 0) is 9.53 Å². The molecule has 6 nitrogen and oxygen atoms in total. The van der Waals surface area contributed by atoms with Crippen molar-refractivity contribution in [2.45, 2.75) is 71.7 Å². The monoisotopic (exact) mass is 359 g/mol. The second-order valence-electron chi connectivity index (χ2n) is 8.02. The minimum absolute atomic E-state index is 0.0112. The second kappa shape index (κ2) is 11.0. The highest BCUT2D eigenvalue weighted by atomic mass is 16.5. The maximum Gasteiger partial charge on any atom is 0.122 e. The Kier molecular flexibility index (Phi) is 10.7. The van der Waals surface area contributed by atoms with Crippen molar-refractivity contribution in [2.24, 2.45) is 23.7 Å². The lowest BCUT2D eigenvalue weighted by Crippen LogP contribution is -2.41. The fourth-order valence-corrected chi connectivity index (χ4v) is 3.61. The van der Waals surface area contributed by atoms with Crippen LogP contribution in [0, 0.1) is 29.1 Å². The van der Waals surface area contributed by atoms with Gasteiger partial charge in [-0.3, -0.25) is 0 Å². The normalized spacial score (nSPS) is 21.5. The number of methoxy groups -OCH3 is 1. The Morgan fingerprint density at radius 1 is 1.20 bits per heavy atom. The van der Waals surface area contributed by atoms with Gasteiger partial charge >= 0.3 is 0 Å². The average molecular weight is 360 g/mol. The summed E-state index contributed by atoms with van der Waals surface area (Å²) in [5, 5.41) is 38.9. The van der Waals surface area contributed by atoms with Crippen molar-refractivity contribution in [1.82, 2.24) is 0 Å². The molecule has 0 amide bonds. The smallest absolute Gasteiger partial charge is 0.122 e. The molecule has 0 aromatic carbocycles. The van der Waals surface area contributed by atoms with E-state index in [0.717, 1.165) is 12.7 Å². The predicted octanol–water partition coefficient (Wildman–Crippen LogP) is 2.04. The lowest BCUT2D eigenvalue weighted by atomic mass is 9.78. The number of aldehydes is 1. The first-order valence-corrected chi connectivity index (χ1v) is 9.06. The summed E-state index contributed by atoms with van der Waals surface area (Å²) in [5.41, 5.74) is -0.652.